The number of carbonyl (C=O) groups is 2. The first kappa shape index (κ1) is 18.4. The van der Waals surface area contributed by atoms with E-state index in [-0.39, 0.29) is 34.4 Å². The Kier molecular flexibility index (Phi) is 5.02. The second kappa shape index (κ2) is 7.09. The summed E-state index contributed by atoms with van der Waals surface area (Å²) in [5.41, 5.74) is 2.41. The number of nitrogens with zero attached hydrogens (tertiary/aromatic N) is 1. The average molecular weight is 393 g/mol. The molecule has 0 atom stereocenters. The summed E-state index contributed by atoms with van der Waals surface area (Å²) >= 11 is 6.16. The van der Waals surface area contributed by atoms with E-state index >= 15 is 0 Å². The summed E-state index contributed by atoms with van der Waals surface area (Å²) in [6.07, 6.45) is -0.0569. The van der Waals surface area contributed by atoms with Gasteiger partial charge >= 0.3 is 0 Å². The molecule has 1 fully saturated rings. The molecule has 1 aliphatic rings. The Morgan fingerprint density at radius 1 is 1.23 bits per heavy atom. The molecule has 1 saturated heterocycles. The molecule has 0 saturated carbocycles. The molecule has 2 aromatic carbocycles. The van der Waals surface area contributed by atoms with Gasteiger partial charge in [-0.05, 0) is 30.7 Å². The third kappa shape index (κ3) is 3.73. The maximum absolute atomic E-state index is 12.4. The van der Waals surface area contributed by atoms with E-state index in [9.17, 15) is 18.0 Å². The lowest BCUT2D eigenvalue weighted by molar-refractivity contribution is -0.116. The molecule has 0 radical (unpaired) electrons. The van der Waals surface area contributed by atoms with Gasteiger partial charge in [-0.15, -0.1) is 0 Å². The van der Waals surface area contributed by atoms with Gasteiger partial charge < -0.3 is 5.32 Å². The number of halogens is 1. The van der Waals surface area contributed by atoms with Gasteiger partial charge in [0, 0.05) is 13.0 Å². The van der Waals surface area contributed by atoms with E-state index in [0.29, 0.717) is 6.54 Å². The van der Waals surface area contributed by atoms with Crippen molar-refractivity contribution in [2.45, 2.75) is 19.9 Å². The molecule has 2 aromatic rings. The van der Waals surface area contributed by atoms with Crippen molar-refractivity contribution in [2.24, 2.45) is 0 Å². The van der Waals surface area contributed by atoms with E-state index in [2.05, 4.69) is 5.32 Å². The number of rotatable bonds is 4. The van der Waals surface area contributed by atoms with Crippen molar-refractivity contribution in [3.63, 3.8) is 0 Å². The smallest absolute Gasteiger partial charge is 0.253 e. The van der Waals surface area contributed by atoms with Crippen molar-refractivity contribution in [2.75, 3.05) is 10.1 Å². The Hall–Kier alpha value is -2.38. The Morgan fingerprint density at radius 3 is 2.62 bits per heavy atom. The number of aryl methyl sites for hydroxylation is 1. The number of hydrogen-bond acceptors (Lipinski definition) is 4. The lowest BCUT2D eigenvalue weighted by Crippen LogP contribution is -2.29. The van der Waals surface area contributed by atoms with Crippen molar-refractivity contribution in [1.82, 2.24) is 5.32 Å². The van der Waals surface area contributed by atoms with Crippen molar-refractivity contribution >= 4 is 39.1 Å². The summed E-state index contributed by atoms with van der Waals surface area (Å²) in [5, 5.41) is 2.86. The Labute approximate surface area is 156 Å². The molecular formula is C18H17ClN2O4S. The number of anilines is 1. The highest BCUT2D eigenvalue weighted by Gasteiger charge is 2.36. The maximum Gasteiger partial charge on any atom is 0.253 e. The first-order valence-electron chi connectivity index (χ1n) is 7.97. The number of nitrogens with one attached hydrogen (secondary N) is 1. The number of carbonyl (C=O) groups excluding carboxylic acids is 2. The van der Waals surface area contributed by atoms with Gasteiger partial charge in [-0.3, -0.25) is 9.59 Å². The molecule has 0 bridgehead atoms. The molecule has 0 aromatic heterocycles. The SMILES string of the molecule is Cc1cccc(CNC(=O)c2ccc(N3C(=O)CCS3(=O)=O)cc2Cl)c1. The van der Waals surface area contributed by atoms with Crippen LogP contribution in [-0.4, -0.2) is 26.0 Å². The standard InChI is InChI=1S/C18H17ClN2O4S/c1-12-3-2-4-13(9-12)11-20-18(23)15-6-5-14(10-16(15)19)21-17(22)7-8-26(21,24)25/h2-6,9-10H,7-8,11H2,1H3,(H,20,23). The molecule has 1 aliphatic heterocycles. The molecule has 0 aliphatic carbocycles. The lowest BCUT2D eigenvalue weighted by atomic mass is 10.1. The maximum atomic E-state index is 12.4. The van der Waals surface area contributed by atoms with Gasteiger partial charge in [0.05, 0.1) is 22.0 Å². The van der Waals surface area contributed by atoms with E-state index in [1.807, 2.05) is 31.2 Å². The fraction of sp³-hybridized carbons (Fsp3) is 0.222. The molecule has 1 N–H and O–H groups in total. The van der Waals surface area contributed by atoms with Crippen LogP contribution in [0.2, 0.25) is 5.02 Å². The molecule has 6 nitrogen and oxygen atoms in total. The second-order valence-electron chi connectivity index (χ2n) is 6.06. The molecule has 136 valence electrons. The van der Waals surface area contributed by atoms with Crippen molar-refractivity contribution < 1.29 is 18.0 Å². The predicted octanol–water partition coefficient (Wildman–Crippen LogP) is 2.64. The molecule has 1 heterocycles. The van der Waals surface area contributed by atoms with Crippen LogP contribution in [0, 0.1) is 6.92 Å². The first-order valence-corrected chi connectivity index (χ1v) is 9.96. The van der Waals surface area contributed by atoms with Crippen molar-refractivity contribution in [3.05, 3.63) is 64.2 Å². The van der Waals surface area contributed by atoms with Crippen molar-refractivity contribution in [3.8, 4) is 0 Å². The van der Waals surface area contributed by atoms with Crippen LogP contribution < -0.4 is 9.62 Å². The minimum absolute atomic E-state index is 0.0569. The number of sulfonamides is 1. The Bertz CT molecular complexity index is 988. The van der Waals surface area contributed by atoms with Gasteiger partial charge in [0.2, 0.25) is 15.9 Å². The zero-order valence-electron chi connectivity index (χ0n) is 14.0. The average Bonchev–Trinajstić information content (AvgIpc) is 2.85. The quantitative estimate of drug-likeness (QED) is 0.866. The van der Waals surface area contributed by atoms with Crippen LogP contribution >= 0.6 is 11.6 Å². The highest BCUT2D eigenvalue weighted by Crippen LogP contribution is 2.29. The Morgan fingerprint density at radius 2 is 2.00 bits per heavy atom. The summed E-state index contributed by atoms with van der Waals surface area (Å²) in [7, 11) is -3.66. The predicted molar refractivity (Wildman–Crippen MR) is 99.7 cm³/mol. The summed E-state index contributed by atoms with van der Waals surface area (Å²) in [5.74, 6) is -1.10. The monoisotopic (exact) mass is 392 g/mol. The fourth-order valence-electron chi connectivity index (χ4n) is 2.78. The van der Waals surface area contributed by atoms with E-state index < -0.39 is 15.9 Å². The third-order valence-electron chi connectivity index (χ3n) is 4.05. The van der Waals surface area contributed by atoms with Crippen LogP contribution in [0.1, 0.15) is 27.9 Å². The van der Waals surface area contributed by atoms with Crippen LogP contribution in [-0.2, 0) is 21.4 Å². The highest BCUT2D eigenvalue weighted by atomic mass is 35.5. The van der Waals surface area contributed by atoms with Crippen molar-refractivity contribution in [1.29, 1.82) is 0 Å². The van der Waals surface area contributed by atoms with Gasteiger partial charge in [-0.25, -0.2) is 12.7 Å². The zero-order valence-corrected chi connectivity index (χ0v) is 15.6. The largest absolute Gasteiger partial charge is 0.348 e. The summed E-state index contributed by atoms with van der Waals surface area (Å²) in [6.45, 7) is 2.31. The minimum atomic E-state index is -3.66. The highest BCUT2D eigenvalue weighted by molar-refractivity contribution is 7.94. The minimum Gasteiger partial charge on any atom is -0.348 e. The molecule has 2 amide bonds. The topological polar surface area (TPSA) is 83.6 Å². The zero-order chi connectivity index (χ0) is 18.9. The van der Waals surface area contributed by atoms with Crippen LogP contribution in [0.25, 0.3) is 0 Å². The number of amides is 2. The molecule has 0 unspecified atom stereocenters. The van der Waals surface area contributed by atoms with Crippen LogP contribution in [0.15, 0.2) is 42.5 Å². The normalized spacial score (nSPS) is 15.9. The van der Waals surface area contributed by atoms with E-state index in [0.717, 1.165) is 15.4 Å². The first-order chi connectivity index (χ1) is 12.3. The molecule has 8 heteroatoms. The van der Waals surface area contributed by atoms with Gasteiger partial charge in [0.1, 0.15) is 0 Å². The number of hydrogen-bond donors (Lipinski definition) is 1. The third-order valence-corrected chi connectivity index (χ3v) is 6.05. The van der Waals surface area contributed by atoms with E-state index in [4.69, 9.17) is 11.6 Å². The van der Waals surface area contributed by atoms with Crippen LogP contribution in [0.3, 0.4) is 0 Å². The molecule has 3 rings (SSSR count). The lowest BCUT2D eigenvalue weighted by Gasteiger charge is -2.16. The second-order valence-corrected chi connectivity index (χ2v) is 8.40. The van der Waals surface area contributed by atoms with E-state index in [1.165, 1.54) is 18.2 Å². The van der Waals surface area contributed by atoms with Gasteiger partial charge in [-0.2, -0.15) is 0 Å². The molecular weight excluding hydrogens is 376 g/mol. The van der Waals surface area contributed by atoms with Crippen LogP contribution in [0.4, 0.5) is 5.69 Å². The van der Waals surface area contributed by atoms with Gasteiger partial charge in [0.25, 0.3) is 5.91 Å². The van der Waals surface area contributed by atoms with Gasteiger partial charge in [0.15, 0.2) is 0 Å². The van der Waals surface area contributed by atoms with Crippen LogP contribution in [0.5, 0.6) is 0 Å². The fourth-order valence-corrected chi connectivity index (χ4v) is 4.50. The van der Waals surface area contributed by atoms with E-state index in [1.54, 1.807) is 0 Å². The van der Waals surface area contributed by atoms with Gasteiger partial charge in [-0.1, -0.05) is 41.4 Å². The molecule has 0 spiro atoms. The summed E-state index contributed by atoms with van der Waals surface area (Å²) < 4.78 is 24.7. The molecule has 26 heavy (non-hydrogen) atoms. The summed E-state index contributed by atoms with van der Waals surface area (Å²) in [4.78, 5) is 24.2. The Balaban J connectivity index is 1.77. The summed E-state index contributed by atoms with van der Waals surface area (Å²) in [6, 6.07) is 11.9. The number of benzene rings is 2.